The molecule has 1 amide bonds. The molecular formula is C16H18FN3O2S. The van der Waals surface area contributed by atoms with Gasteiger partial charge in [0.15, 0.2) is 0 Å². The van der Waals surface area contributed by atoms with Crippen LogP contribution in [0.25, 0.3) is 0 Å². The van der Waals surface area contributed by atoms with Gasteiger partial charge in [-0.05, 0) is 43.1 Å². The fourth-order valence-corrected chi connectivity index (χ4v) is 3.45. The first kappa shape index (κ1) is 15.7. The van der Waals surface area contributed by atoms with Gasteiger partial charge in [-0.3, -0.25) is 4.79 Å². The van der Waals surface area contributed by atoms with Crippen molar-refractivity contribution in [3.05, 3.63) is 35.0 Å². The van der Waals surface area contributed by atoms with Gasteiger partial charge in [0.1, 0.15) is 5.82 Å². The van der Waals surface area contributed by atoms with E-state index in [4.69, 9.17) is 4.74 Å². The van der Waals surface area contributed by atoms with E-state index in [2.05, 4.69) is 9.69 Å². The number of amides is 1. The molecule has 5 nitrogen and oxygen atoms in total. The van der Waals surface area contributed by atoms with Crippen LogP contribution in [0.2, 0.25) is 0 Å². The predicted molar refractivity (Wildman–Crippen MR) is 88.7 cm³/mol. The second kappa shape index (κ2) is 6.54. The number of aromatic nitrogens is 1. The number of rotatable bonds is 5. The molecule has 7 heteroatoms. The average molecular weight is 335 g/mol. The summed E-state index contributed by atoms with van der Waals surface area (Å²) < 4.78 is 23.5. The zero-order chi connectivity index (χ0) is 16.4. The summed E-state index contributed by atoms with van der Waals surface area (Å²) in [5.74, 6) is 0.273. The van der Waals surface area contributed by atoms with Gasteiger partial charge in [-0.2, -0.15) is 4.37 Å². The zero-order valence-corrected chi connectivity index (χ0v) is 13.8. The van der Waals surface area contributed by atoms with E-state index in [1.165, 1.54) is 17.6 Å². The van der Waals surface area contributed by atoms with Gasteiger partial charge in [0.05, 0.1) is 18.8 Å². The maximum Gasteiger partial charge on any atom is 0.230 e. The van der Waals surface area contributed by atoms with E-state index in [9.17, 15) is 9.18 Å². The molecule has 3 rings (SSSR count). The minimum absolute atomic E-state index is 0.0827. The molecule has 0 aliphatic carbocycles. The predicted octanol–water partition coefficient (Wildman–Crippen LogP) is 3.59. The SMILES string of the molecule is COc1nscc1C(C)Nc1cc(N2CCCC2=O)ccc1F. The van der Waals surface area contributed by atoms with Crippen LogP contribution in [0, 0.1) is 5.82 Å². The highest BCUT2D eigenvalue weighted by atomic mass is 32.1. The van der Waals surface area contributed by atoms with E-state index in [-0.39, 0.29) is 17.8 Å². The molecule has 0 spiro atoms. The zero-order valence-electron chi connectivity index (χ0n) is 13.0. The first-order chi connectivity index (χ1) is 11.1. The van der Waals surface area contributed by atoms with Gasteiger partial charge in [-0.1, -0.05) is 0 Å². The number of nitrogens with zero attached hydrogens (tertiary/aromatic N) is 2. The maximum absolute atomic E-state index is 14.1. The van der Waals surface area contributed by atoms with E-state index in [0.29, 0.717) is 24.5 Å². The number of carbonyl (C=O) groups is 1. The first-order valence-electron chi connectivity index (χ1n) is 7.45. The molecule has 1 aromatic heterocycles. The van der Waals surface area contributed by atoms with Crippen LogP contribution in [0.5, 0.6) is 5.88 Å². The molecule has 1 aliphatic heterocycles. The van der Waals surface area contributed by atoms with E-state index in [0.717, 1.165) is 17.7 Å². The second-order valence-electron chi connectivity index (χ2n) is 5.46. The number of halogens is 1. The van der Waals surface area contributed by atoms with Crippen LogP contribution in [-0.4, -0.2) is 23.9 Å². The highest BCUT2D eigenvalue weighted by Crippen LogP contribution is 2.31. The van der Waals surface area contributed by atoms with Gasteiger partial charge in [-0.25, -0.2) is 4.39 Å². The van der Waals surface area contributed by atoms with Crippen LogP contribution in [-0.2, 0) is 4.79 Å². The Morgan fingerprint density at radius 1 is 1.48 bits per heavy atom. The number of ether oxygens (including phenoxy) is 1. The number of carbonyl (C=O) groups excluding carboxylic acids is 1. The summed E-state index contributed by atoms with van der Waals surface area (Å²) in [5, 5.41) is 5.02. The minimum Gasteiger partial charge on any atom is -0.480 e. The Bertz CT molecular complexity index is 719. The Morgan fingerprint density at radius 2 is 2.30 bits per heavy atom. The normalized spacial score (nSPS) is 15.8. The largest absolute Gasteiger partial charge is 0.480 e. The summed E-state index contributed by atoms with van der Waals surface area (Å²) in [6.07, 6.45) is 1.39. The van der Waals surface area contributed by atoms with Crippen LogP contribution < -0.4 is 15.0 Å². The van der Waals surface area contributed by atoms with Crippen molar-refractivity contribution < 1.29 is 13.9 Å². The van der Waals surface area contributed by atoms with Gasteiger partial charge >= 0.3 is 0 Å². The van der Waals surface area contributed by atoms with Crippen LogP contribution in [0.3, 0.4) is 0 Å². The number of hydrogen-bond acceptors (Lipinski definition) is 5. The lowest BCUT2D eigenvalue weighted by molar-refractivity contribution is -0.117. The summed E-state index contributed by atoms with van der Waals surface area (Å²) in [5.41, 5.74) is 1.96. The molecule has 1 saturated heterocycles. The molecule has 1 unspecified atom stereocenters. The third-order valence-electron chi connectivity index (χ3n) is 3.93. The van der Waals surface area contributed by atoms with Gasteiger partial charge in [0.25, 0.3) is 0 Å². The molecule has 1 aliphatic rings. The number of nitrogens with one attached hydrogen (secondary N) is 1. The second-order valence-corrected chi connectivity index (χ2v) is 6.09. The van der Waals surface area contributed by atoms with Crippen LogP contribution in [0.1, 0.15) is 31.4 Å². The van der Waals surface area contributed by atoms with Gasteiger partial charge in [0, 0.05) is 29.6 Å². The Balaban J connectivity index is 1.83. The molecule has 23 heavy (non-hydrogen) atoms. The molecule has 2 aromatic rings. The number of hydrogen-bond donors (Lipinski definition) is 1. The van der Waals surface area contributed by atoms with Crippen molar-refractivity contribution in [2.24, 2.45) is 0 Å². The standard InChI is InChI=1S/C16H18FN3O2S/c1-10(12-9-23-19-16(12)22-2)18-14-8-11(5-6-13(14)17)20-7-3-4-15(20)21/h5-6,8-10,18H,3-4,7H2,1-2H3. The third-order valence-corrected chi connectivity index (χ3v) is 4.56. The maximum atomic E-state index is 14.1. The van der Waals surface area contributed by atoms with E-state index in [1.807, 2.05) is 12.3 Å². The summed E-state index contributed by atoms with van der Waals surface area (Å²) in [4.78, 5) is 13.5. The Hall–Kier alpha value is -2.15. The third kappa shape index (κ3) is 3.14. The Morgan fingerprint density at radius 3 is 3.00 bits per heavy atom. The highest BCUT2D eigenvalue weighted by molar-refractivity contribution is 7.03. The first-order valence-corrected chi connectivity index (χ1v) is 8.28. The van der Waals surface area contributed by atoms with Crippen molar-refractivity contribution in [2.45, 2.75) is 25.8 Å². The number of methoxy groups -OCH3 is 1. The molecule has 0 radical (unpaired) electrons. The summed E-state index contributed by atoms with van der Waals surface area (Å²) in [6.45, 7) is 2.60. The number of anilines is 2. The fraction of sp³-hybridized carbons (Fsp3) is 0.375. The lowest BCUT2D eigenvalue weighted by Crippen LogP contribution is -2.23. The quantitative estimate of drug-likeness (QED) is 0.907. The molecule has 122 valence electrons. The molecule has 1 atom stereocenters. The molecule has 1 N–H and O–H groups in total. The Kier molecular flexibility index (Phi) is 4.47. The van der Waals surface area contributed by atoms with Crippen LogP contribution in [0.4, 0.5) is 15.8 Å². The molecule has 0 bridgehead atoms. The highest BCUT2D eigenvalue weighted by Gasteiger charge is 2.23. The lowest BCUT2D eigenvalue weighted by atomic mass is 10.1. The summed E-state index contributed by atoms with van der Waals surface area (Å²) >= 11 is 1.30. The van der Waals surface area contributed by atoms with Crippen molar-refractivity contribution in [3.63, 3.8) is 0 Å². The molecule has 1 fully saturated rings. The van der Waals surface area contributed by atoms with Crippen molar-refractivity contribution in [2.75, 3.05) is 23.9 Å². The van der Waals surface area contributed by atoms with E-state index < -0.39 is 0 Å². The van der Waals surface area contributed by atoms with Crippen molar-refractivity contribution in [3.8, 4) is 5.88 Å². The van der Waals surface area contributed by atoms with Crippen molar-refractivity contribution in [1.29, 1.82) is 0 Å². The molecular weight excluding hydrogens is 317 g/mol. The van der Waals surface area contributed by atoms with E-state index >= 15 is 0 Å². The van der Waals surface area contributed by atoms with Crippen LogP contribution in [0.15, 0.2) is 23.6 Å². The van der Waals surface area contributed by atoms with Crippen molar-refractivity contribution >= 4 is 28.8 Å². The smallest absolute Gasteiger partial charge is 0.230 e. The van der Waals surface area contributed by atoms with Crippen LogP contribution >= 0.6 is 11.5 Å². The lowest BCUT2D eigenvalue weighted by Gasteiger charge is -2.20. The minimum atomic E-state index is -0.352. The molecule has 0 saturated carbocycles. The van der Waals surface area contributed by atoms with Gasteiger partial charge in [0.2, 0.25) is 11.8 Å². The Labute approximate surface area is 138 Å². The van der Waals surface area contributed by atoms with Gasteiger partial charge < -0.3 is 15.0 Å². The van der Waals surface area contributed by atoms with Gasteiger partial charge in [-0.15, -0.1) is 0 Å². The summed E-state index contributed by atoms with van der Waals surface area (Å²) in [7, 11) is 1.56. The van der Waals surface area contributed by atoms with E-state index in [1.54, 1.807) is 24.1 Å². The fourth-order valence-electron chi connectivity index (χ4n) is 2.70. The summed E-state index contributed by atoms with van der Waals surface area (Å²) in [6, 6.07) is 4.55. The molecule has 1 aromatic carbocycles. The average Bonchev–Trinajstić information content (AvgIpc) is 3.18. The monoisotopic (exact) mass is 335 g/mol. The van der Waals surface area contributed by atoms with Crippen molar-refractivity contribution in [1.82, 2.24) is 4.37 Å². The number of benzene rings is 1. The topological polar surface area (TPSA) is 54.5 Å². The molecule has 2 heterocycles.